The van der Waals surface area contributed by atoms with Crippen LogP contribution in [0.2, 0.25) is 0 Å². The summed E-state index contributed by atoms with van der Waals surface area (Å²) >= 11 is 0. The second-order valence-electron chi connectivity index (χ2n) is 5.97. The summed E-state index contributed by atoms with van der Waals surface area (Å²) in [5, 5.41) is 7.80. The van der Waals surface area contributed by atoms with Gasteiger partial charge in [-0.1, -0.05) is 54.6 Å². The molecule has 0 aliphatic rings. The van der Waals surface area contributed by atoms with Gasteiger partial charge in [-0.15, -0.1) is 0 Å². The normalized spacial score (nSPS) is 11.1. The third-order valence-corrected chi connectivity index (χ3v) is 4.53. The molecule has 0 atom stereocenters. The molecule has 3 N–H and O–H groups in total. The van der Waals surface area contributed by atoms with E-state index < -0.39 is 10.0 Å². The summed E-state index contributed by atoms with van der Waals surface area (Å²) in [6, 6.07) is 16.3. The van der Waals surface area contributed by atoms with Crippen molar-refractivity contribution in [2.75, 3.05) is 0 Å². The zero-order chi connectivity index (χ0) is 19.3. The van der Waals surface area contributed by atoms with Crippen molar-refractivity contribution in [3.63, 3.8) is 0 Å². The molecule has 3 aromatic rings. The quantitative estimate of drug-likeness (QED) is 0.675. The molecular weight excluding hydrogens is 364 g/mol. The zero-order valence-electron chi connectivity index (χ0n) is 14.4. The lowest BCUT2D eigenvalue weighted by Crippen LogP contribution is -2.23. The van der Waals surface area contributed by atoms with Crippen LogP contribution >= 0.6 is 0 Å². The van der Waals surface area contributed by atoms with Gasteiger partial charge in [-0.3, -0.25) is 4.79 Å². The molecule has 1 heterocycles. The fraction of sp³-hybridized carbons (Fsp3) is 0.105. The maximum Gasteiger partial charge on any atom is 0.254 e. The first kappa shape index (κ1) is 18.7. The highest BCUT2D eigenvalue weighted by Gasteiger charge is 2.09. The van der Waals surface area contributed by atoms with Crippen molar-refractivity contribution in [1.82, 2.24) is 15.3 Å². The van der Waals surface area contributed by atoms with E-state index in [9.17, 15) is 13.2 Å². The average Bonchev–Trinajstić information content (AvgIpc) is 2.67. The minimum Gasteiger partial charge on any atom is -0.348 e. The number of hydrogen-bond donors (Lipinski definition) is 2. The minimum absolute atomic E-state index is 0.218. The summed E-state index contributed by atoms with van der Waals surface area (Å²) in [5.41, 5.74) is 2.67. The second-order valence-corrected chi connectivity index (χ2v) is 7.58. The van der Waals surface area contributed by atoms with Gasteiger partial charge in [-0.05, 0) is 11.1 Å². The Morgan fingerprint density at radius 2 is 1.52 bits per heavy atom. The highest BCUT2D eigenvalue weighted by atomic mass is 32.2. The van der Waals surface area contributed by atoms with E-state index in [-0.39, 0.29) is 11.7 Å². The van der Waals surface area contributed by atoms with Crippen LogP contribution < -0.4 is 10.5 Å². The Hall–Kier alpha value is -3.10. The fourth-order valence-electron chi connectivity index (χ4n) is 2.45. The molecule has 0 aliphatic carbocycles. The fourth-order valence-corrected chi connectivity index (χ4v) is 3.11. The van der Waals surface area contributed by atoms with Crippen molar-refractivity contribution in [3.8, 4) is 11.4 Å². The SMILES string of the molecule is NS(=O)(=O)Cc1ccc(CNC(=O)c2cnc(-c3ccccc3)nc2)cc1. The molecule has 0 bridgehead atoms. The van der Waals surface area contributed by atoms with Gasteiger partial charge in [0.15, 0.2) is 5.82 Å². The Labute approximate surface area is 157 Å². The van der Waals surface area contributed by atoms with Gasteiger partial charge < -0.3 is 5.32 Å². The third-order valence-electron chi connectivity index (χ3n) is 3.79. The van der Waals surface area contributed by atoms with E-state index in [0.717, 1.165) is 11.1 Å². The number of rotatable bonds is 6. The summed E-state index contributed by atoms with van der Waals surface area (Å²) in [4.78, 5) is 20.7. The number of nitrogens with one attached hydrogen (secondary N) is 1. The van der Waals surface area contributed by atoms with Gasteiger partial charge in [0.2, 0.25) is 10.0 Å². The van der Waals surface area contributed by atoms with Crippen LogP contribution in [-0.4, -0.2) is 24.3 Å². The molecule has 0 spiro atoms. The Morgan fingerprint density at radius 3 is 2.11 bits per heavy atom. The summed E-state index contributed by atoms with van der Waals surface area (Å²) in [6.45, 7) is 0.301. The first-order chi connectivity index (χ1) is 12.9. The monoisotopic (exact) mass is 382 g/mol. The first-order valence-electron chi connectivity index (χ1n) is 8.15. The molecule has 0 fully saturated rings. The lowest BCUT2D eigenvalue weighted by molar-refractivity contribution is 0.0950. The Morgan fingerprint density at radius 1 is 0.926 bits per heavy atom. The number of carbonyl (C=O) groups excluding carboxylic acids is 1. The maximum absolute atomic E-state index is 12.2. The van der Waals surface area contributed by atoms with Crippen molar-refractivity contribution >= 4 is 15.9 Å². The van der Waals surface area contributed by atoms with Gasteiger partial charge in [0, 0.05) is 24.5 Å². The smallest absolute Gasteiger partial charge is 0.254 e. The Kier molecular flexibility index (Phi) is 5.58. The second kappa shape index (κ2) is 8.07. The molecule has 138 valence electrons. The number of benzene rings is 2. The van der Waals surface area contributed by atoms with Crippen molar-refractivity contribution < 1.29 is 13.2 Å². The standard InChI is InChI=1S/C19H18N4O3S/c20-27(25,26)13-15-8-6-14(7-9-15)10-23-19(24)17-11-21-18(22-12-17)16-4-2-1-3-5-16/h1-9,11-12H,10,13H2,(H,23,24)(H2,20,25,26). The molecule has 1 aromatic heterocycles. The summed E-state index contributed by atoms with van der Waals surface area (Å²) in [6.07, 6.45) is 2.97. The van der Waals surface area contributed by atoms with Gasteiger partial charge in [-0.2, -0.15) is 0 Å². The van der Waals surface area contributed by atoms with E-state index in [1.807, 2.05) is 30.3 Å². The van der Waals surface area contributed by atoms with Gasteiger partial charge >= 0.3 is 0 Å². The molecule has 27 heavy (non-hydrogen) atoms. The molecule has 0 aliphatic heterocycles. The largest absolute Gasteiger partial charge is 0.348 e. The van der Waals surface area contributed by atoms with Gasteiger partial charge in [-0.25, -0.2) is 23.5 Å². The lowest BCUT2D eigenvalue weighted by Gasteiger charge is -2.07. The van der Waals surface area contributed by atoms with Gasteiger partial charge in [0.25, 0.3) is 5.91 Å². The third kappa shape index (κ3) is 5.44. The van der Waals surface area contributed by atoms with E-state index in [1.54, 1.807) is 24.3 Å². The van der Waals surface area contributed by atoms with Crippen LogP contribution in [-0.2, 0) is 22.3 Å². The highest BCUT2D eigenvalue weighted by Crippen LogP contribution is 2.13. The van der Waals surface area contributed by atoms with Crippen LogP contribution in [0.4, 0.5) is 0 Å². The van der Waals surface area contributed by atoms with E-state index >= 15 is 0 Å². The van der Waals surface area contributed by atoms with E-state index in [2.05, 4.69) is 15.3 Å². The van der Waals surface area contributed by atoms with Crippen molar-refractivity contribution in [1.29, 1.82) is 0 Å². The topological polar surface area (TPSA) is 115 Å². The predicted molar refractivity (Wildman–Crippen MR) is 102 cm³/mol. The maximum atomic E-state index is 12.2. The number of nitrogens with two attached hydrogens (primary N) is 1. The first-order valence-corrected chi connectivity index (χ1v) is 9.86. The van der Waals surface area contributed by atoms with E-state index in [4.69, 9.17) is 5.14 Å². The van der Waals surface area contributed by atoms with Crippen LogP contribution in [0, 0.1) is 0 Å². The van der Waals surface area contributed by atoms with Crippen molar-refractivity contribution in [2.45, 2.75) is 12.3 Å². The molecular formula is C19H18N4O3S. The number of carbonyl (C=O) groups is 1. The number of hydrogen-bond acceptors (Lipinski definition) is 5. The zero-order valence-corrected chi connectivity index (χ0v) is 15.2. The number of amides is 1. The van der Waals surface area contributed by atoms with Crippen molar-refractivity contribution in [2.24, 2.45) is 5.14 Å². The molecule has 2 aromatic carbocycles. The van der Waals surface area contributed by atoms with Crippen LogP contribution in [0.25, 0.3) is 11.4 Å². The average molecular weight is 382 g/mol. The predicted octanol–water partition coefficient (Wildman–Crippen LogP) is 1.86. The molecule has 7 nitrogen and oxygen atoms in total. The van der Waals surface area contributed by atoms with Crippen LogP contribution in [0.3, 0.4) is 0 Å². The number of nitrogens with zero attached hydrogens (tertiary/aromatic N) is 2. The lowest BCUT2D eigenvalue weighted by atomic mass is 10.1. The van der Waals surface area contributed by atoms with Crippen molar-refractivity contribution in [3.05, 3.63) is 83.7 Å². The molecule has 0 unspecified atom stereocenters. The van der Waals surface area contributed by atoms with Crippen LogP contribution in [0.5, 0.6) is 0 Å². The molecule has 0 saturated carbocycles. The van der Waals surface area contributed by atoms with Crippen LogP contribution in [0.1, 0.15) is 21.5 Å². The Bertz CT molecular complexity index is 1020. The molecule has 3 rings (SSSR count). The molecule has 1 amide bonds. The molecule has 0 saturated heterocycles. The number of primary sulfonamides is 1. The summed E-state index contributed by atoms with van der Waals surface area (Å²) < 4.78 is 22.2. The Balaban J connectivity index is 1.59. The van der Waals surface area contributed by atoms with Gasteiger partial charge in [0.1, 0.15) is 0 Å². The molecule has 8 heteroatoms. The summed E-state index contributed by atoms with van der Waals surface area (Å²) in [5.74, 6) is 0.0471. The minimum atomic E-state index is -3.56. The highest BCUT2D eigenvalue weighted by molar-refractivity contribution is 7.88. The van der Waals surface area contributed by atoms with Crippen LogP contribution in [0.15, 0.2) is 67.0 Å². The number of aromatic nitrogens is 2. The van der Waals surface area contributed by atoms with E-state index in [0.29, 0.717) is 23.5 Å². The summed E-state index contributed by atoms with van der Waals surface area (Å²) in [7, 11) is -3.56. The van der Waals surface area contributed by atoms with Gasteiger partial charge in [0.05, 0.1) is 11.3 Å². The van der Waals surface area contributed by atoms with E-state index in [1.165, 1.54) is 12.4 Å². The molecule has 0 radical (unpaired) electrons. The number of sulfonamides is 1.